The molecule has 0 aliphatic heterocycles. The molecule has 0 N–H and O–H groups in total. The van der Waals surface area contributed by atoms with Crippen molar-refractivity contribution in [3.05, 3.63) is 16.4 Å². The average molecular weight is 308 g/mol. The van der Waals surface area contributed by atoms with Gasteiger partial charge >= 0.3 is 0 Å². The van der Waals surface area contributed by atoms with Gasteiger partial charge in [0.25, 0.3) is 0 Å². The van der Waals surface area contributed by atoms with Crippen molar-refractivity contribution < 1.29 is 0 Å². The highest BCUT2D eigenvalue weighted by Crippen LogP contribution is 2.23. The molecule has 0 aromatic carbocycles. The molecular formula is C12H20BrClN2. The van der Waals surface area contributed by atoms with E-state index < -0.39 is 0 Å². The molecule has 0 saturated heterocycles. The minimum absolute atomic E-state index is 0.600. The minimum Gasteiger partial charge on any atom is -0.257 e. The van der Waals surface area contributed by atoms with Crippen molar-refractivity contribution in [2.75, 3.05) is 0 Å². The van der Waals surface area contributed by atoms with Crippen molar-refractivity contribution in [2.45, 2.75) is 44.9 Å². The highest BCUT2D eigenvalue weighted by Gasteiger charge is 2.13. The predicted octanol–water partition coefficient (Wildman–Crippen LogP) is 4.12. The smallest absolute Gasteiger partial charge is 0.130 e. The van der Waals surface area contributed by atoms with E-state index in [9.17, 15) is 0 Å². The molecule has 4 heteroatoms. The fourth-order valence-electron chi connectivity index (χ4n) is 1.77. The van der Waals surface area contributed by atoms with Crippen LogP contribution >= 0.6 is 27.5 Å². The Kier molecular flexibility index (Phi) is 5.32. The first-order valence-corrected chi connectivity index (χ1v) is 7.05. The third kappa shape index (κ3) is 3.49. The van der Waals surface area contributed by atoms with Gasteiger partial charge in [0.2, 0.25) is 0 Å². The molecule has 1 atom stereocenters. The van der Waals surface area contributed by atoms with E-state index in [2.05, 4.69) is 34.9 Å². The van der Waals surface area contributed by atoms with Crippen LogP contribution in [0.5, 0.6) is 0 Å². The van der Waals surface area contributed by atoms with Crippen molar-refractivity contribution in [3.8, 4) is 0 Å². The zero-order chi connectivity index (χ0) is 12.3. The molecule has 1 aromatic heterocycles. The van der Waals surface area contributed by atoms with Crippen LogP contribution in [-0.2, 0) is 13.5 Å². The van der Waals surface area contributed by atoms with Crippen LogP contribution < -0.4 is 0 Å². The summed E-state index contributed by atoms with van der Waals surface area (Å²) in [7, 11) is 1.89. The summed E-state index contributed by atoms with van der Waals surface area (Å²) in [5, 5.41) is 5.10. The lowest BCUT2D eigenvalue weighted by molar-refractivity contribution is 0.562. The second kappa shape index (κ2) is 6.06. The molecule has 2 nitrogen and oxygen atoms in total. The fourth-order valence-corrected chi connectivity index (χ4v) is 2.36. The molecule has 0 aliphatic rings. The van der Waals surface area contributed by atoms with Crippen LogP contribution in [0, 0.1) is 12.8 Å². The average Bonchev–Trinajstić information content (AvgIpc) is 2.44. The highest BCUT2D eigenvalue weighted by atomic mass is 79.9. The van der Waals surface area contributed by atoms with E-state index in [0.29, 0.717) is 10.7 Å². The SMILES string of the molecule is Cc1nn(C)c(Cl)c1CCCC(Br)C(C)C. The molecule has 1 unspecified atom stereocenters. The Bertz CT molecular complexity index is 347. The van der Waals surface area contributed by atoms with Gasteiger partial charge in [-0.2, -0.15) is 5.10 Å². The van der Waals surface area contributed by atoms with Gasteiger partial charge in [-0.1, -0.05) is 41.4 Å². The fraction of sp³-hybridized carbons (Fsp3) is 0.750. The third-order valence-corrected chi connectivity index (χ3v) is 4.89. The molecule has 0 aliphatic carbocycles. The molecule has 0 saturated carbocycles. The second-order valence-electron chi connectivity index (χ2n) is 4.63. The van der Waals surface area contributed by atoms with Crippen molar-refractivity contribution in [1.29, 1.82) is 0 Å². The maximum atomic E-state index is 6.18. The number of aryl methyl sites for hydroxylation is 2. The Morgan fingerprint density at radius 3 is 2.50 bits per heavy atom. The minimum atomic E-state index is 0.600. The Morgan fingerprint density at radius 1 is 1.44 bits per heavy atom. The number of hydrogen-bond donors (Lipinski definition) is 0. The Labute approximate surface area is 111 Å². The van der Waals surface area contributed by atoms with Crippen LogP contribution in [0.4, 0.5) is 0 Å². The molecule has 0 amide bonds. The van der Waals surface area contributed by atoms with E-state index in [1.165, 1.54) is 12.0 Å². The van der Waals surface area contributed by atoms with E-state index in [0.717, 1.165) is 23.7 Å². The largest absolute Gasteiger partial charge is 0.257 e. The summed E-state index contributed by atoms with van der Waals surface area (Å²) in [6.45, 7) is 6.50. The third-order valence-electron chi connectivity index (χ3n) is 2.90. The molecule has 0 spiro atoms. The number of nitrogens with zero attached hydrogens (tertiary/aromatic N) is 2. The molecular weight excluding hydrogens is 288 g/mol. The van der Waals surface area contributed by atoms with E-state index >= 15 is 0 Å². The molecule has 0 fully saturated rings. The number of hydrogen-bond acceptors (Lipinski definition) is 1. The second-order valence-corrected chi connectivity index (χ2v) is 6.16. The van der Waals surface area contributed by atoms with Crippen molar-refractivity contribution in [3.63, 3.8) is 0 Å². The summed E-state index contributed by atoms with van der Waals surface area (Å²) in [4.78, 5) is 0.600. The standard InChI is InChI=1S/C12H20BrClN2/c1-8(2)11(13)7-5-6-10-9(3)15-16(4)12(10)14/h8,11H,5-7H2,1-4H3. The van der Waals surface area contributed by atoms with E-state index in [-0.39, 0.29) is 0 Å². The van der Waals surface area contributed by atoms with Crippen molar-refractivity contribution >= 4 is 27.5 Å². The van der Waals surface area contributed by atoms with Crippen LogP contribution in [0.2, 0.25) is 5.15 Å². The van der Waals surface area contributed by atoms with Gasteiger partial charge in [-0.05, 0) is 32.1 Å². The van der Waals surface area contributed by atoms with Gasteiger partial charge in [-0.3, -0.25) is 4.68 Å². The number of alkyl halides is 1. The van der Waals surface area contributed by atoms with Crippen LogP contribution in [0.3, 0.4) is 0 Å². The van der Waals surface area contributed by atoms with Crippen molar-refractivity contribution in [2.24, 2.45) is 13.0 Å². The van der Waals surface area contributed by atoms with Crippen LogP contribution in [0.15, 0.2) is 0 Å². The molecule has 0 radical (unpaired) electrons. The molecule has 16 heavy (non-hydrogen) atoms. The van der Waals surface area contributed by atoms with Crippen LogP contribution in [-0.4, -0.2) is 14.6 Å². The summed E-state index contributed by atoms with van der Waals surface area (Å²) < 4.78 is 1.75. The van der Waals surface area contributed by atoms with Gasteiger partial charge in [0, 0.05) is 17.4 Å². The summed E-state index contributed by atoms with van der Waals surface area (Å²) in [6, 6.07) is 0. The molecule has 0 bridgehead atoms. The summed E-state index contributed by atoms with van der Waals surface area (Å²) in [6.07, 6.45) is 3.36. The van der Waals surface area contributed by atoms with Crippen molar-refractivity contribution in [1.82, 2.24) is 9.78 Å². The maximum Gasteiger partial charge on any atom is 0.130 e. The zero-order valence-electron chi connectivity index (χ0n) is 10.4. The predicted molar refractivity (Wildman–Crippen MR) is 73.4 cm³/mol. The van der Waals surface area contributed by atoms with Gasteiger partial charge in [0.05, 0.1) is 5.69 Å². The summed E-state index contributed by atoms with van der Waals surface area (Å²) in [5.41, 5.74) is 2.26. The van der Waals surface area contributed by atoms with Crippen LogP contribution in [0.1, 0.15) is 37.9 Å². The first-order valence-electron chi connectivity index (χ1n) is 5.75. The topological polar surface area (TPSA) is 17.8 Å². The highest BCUT2D eigenvalue weighted by molar-refractivity contribution is 9.09. The van der Waals surface area contributed by atoms with Gasteiger partial charge in [0.1, 0.15) is 5.15 Å². The van der Waals surface area contributed by atoms with Crippen LogP contribution in [0.25, 0.3) is 0 Å². The number of rotatable bonds is 5. The Morgan fingerprint density at radius 2 is 2.06 bits per heavy atom. The van der Waals surface area contributed by atoms with Gasteiger partial charge in [0.15, 0.2) is 0 Å². The quantitative estimate of drug-likeness (QED) is 0.748. The number of aromatic nitrogens is 2. The van der Waals surface area contributed by atoms with Gasteiger partial charge in [-0.15, -0.1) is 0 Å². The number of halogens is 2. The lowest BCUT2D eigenvalue weighted by Gasteiger charge is -2.12. The molecule has 1 rings (SSSR count). The lowest BCUT2D eigenvalue weighted by Crippen LogP contribution is -2.07. The normalized spacial score (nSPS) is 13.4. The Hall–Kier alpha value is -0.0200. The molecule has 92 valence electrons. The van der Waals surface area contributed by atoms with E-state index in [4.69, 9.17) is 11.6 Å². The maximum absolute atomic E-state index is 6.18. The summed E-state index contributed by atoms with van der Waals surface area (Å²) in [5.74, 6) is 0.686. The Balaban J connectivity index is 2.49. The van der Waals surface area contributed by atoms with Gasteiger partial charge < -0.3 is 0 Å². The monoisotopic (exact) mass is 306 g/mol. The molecule has 1 heterocycles. The molecule has 1 aromatic rings. The lowest BCUT2D eigenvalue weighted by atomic mass is 10.0. The first kappa shape index (κ1) is 14.0. The summed E-state index contributed by atoms with van der Waals surface area (Å²) >= 11 is 9.88. The van der Waals surface area contributed by atoms with Gasteiger partial charge in [-0.25, -0.2) is 0 Å². The first-order chi connectivity index (χ1) is 7.43. The van der Waals surface area contributed by atoms with E-state index in [1.54, 1.807) is 4.68 Å². The van der Waals surface area contributed by atoms with E-state index in [1.807, 2.05) is 14.0 Å². The zero-order valence-corrected chi connectivity index (χ0v) is 12.8.